The predicted molar refractivity (Wildman–Crippen MR) is 94.1 cm³/mol. The van der Waals surface area contributed by atoms with Crippen molar-refractivity contribution in [2.24, 2.45) is 0 Å². The monoisotopic (exact) mass is 343 g/mol. The Morgan fingerprint density at radius 3 is 2.92 bits per heavy atom. The van der Waals surface area contributed by atoms with Gasteiger partial charge in [0.2, 0.25) is 5.91 Å². The zero-order valence-electron chi connectivity index (χ0n) is 13.7. The number of hydrogen-bond donors (Lipinski definition) is 2. The van der Waals surface area contributed by atoms with Gasteiger partial charge >= 0.3 is 0 Å². The van der Waals surface area contributed by atoms with Crippen molar-refractivity contribution < 1.29 is 9.59 Å². The maximum atomic E-state index is 12.2. The first-order valence-corrected chi connectivity index (χ1v) is 9.04. The average Bonchev–Trinajstić information content (AvgIpc) is 3.04. The summed E-state index contributed by atoms with van der Waals surface area (Å²) in [7, 11) is 0. The lowest BCUT2D eigenvalue weighted by Crippen LogP contribution is -2.37. The molecule has 0 unspecified atom stereocenters. The van der Waals surface area contributed by atoms with Gasteiger partial charge in [-0.1, -0.05) is 6.07 Å². The van der Waals surface area contributed by atoms with E-state index in [1.54, 1.807) is 23.7 Å². The number of nitrogens with zero attached hydrogens (tertiary/aromatic N) is 1. The number of carbonyl (C=O) groups excluding carboxylic acids is 2. The maximum Gasteiger partial charge on any atom is 0.261 e. The van der Waals surface area contributed by atoms with E-state index in [4.69, 9.17) is 0 Å². The van der Waals surface area contributed by atoms with Crippen LogP contribution in [0.4, 0.5) is 0 Å². The van der Waals surface area contributed by atoms with Crippen LogP contribution in [-0.2, 0) is 17.6 Å². The summed E-state index contributed by atoms with van der Waals surface area (Å²) in [5.74, 6) is -0.375. The molecule has 0 saturated carbocycles. The van der Waals surface area contributed by atoms with Crippen molar-refractivity contribution in [1.29, 1.82) is 0 Å². The number of aryl methyl sites for hydroxylation is 2. The molecule has 0 radical (unpaired) electrons. The third-order valence-corrected chi connectivity index (χ3v) is 5.43. The molecule has 0 spiro atoms. The van der Waals surface area contributed by atoms with Crippen LogP contribution >= 0.6 is 11.3 Å². The van der Waals surface area contributed by atoms with Crippen LogP contribution in [0.3, 0.4) is 0 Å². The summed E-state index contributed by atoms with van der Waals surface area (Å²) in [6, 6.07) is 5.58. The van der Waals surface area contributed by atoms with E-state index in [9.17, 15) is 9.59 Å². The lowest BCUT2D eigenvalue weighted by molar-refractivity contribution is -0.120. The van der Waals surface area contributed by atoms with Crippen LogP contribution in [0.2, 0.25) is 0 Å². The summed E-state index contributed by atoms with van der Waals surface area (Å²) >= 11 is 1.55. The number of rotatable bonds is 5. The molecule has 2 aromatic heterocycles. The van der Waals surface area contributed by atoms with Crippen molar-refractivity contribution in [2.75, 3.05) is 6.54 Å². The summed E-state index contributed by atoms with van der Waals surface area (Å²) in [6.07, 6.45) is 7.93. The van der Waals surface area contributed by atoms with E-state index in [0.29, 0.717) is 4.88 Å². The summed E-state index contributed by atoms with van der Waals surface area (Å²) < 4.78 is 0. The molecule has 3 rings (SSSR count). The Morgan fingerprint density at radius 2 is 2.17 bits per heavy atom. The molecule has 126 valence electrons. The standard InChI is InChI=1S/C18H21N3O2S/c1-12(14-6-4-8-19-10-14)21-17(22)11-20-18(23)16-9-13-5-2-3-7-15(13)24-16/h4,6,8-10,12H,2-3,5,7,11H2,1H3,(H,20,23)(H,21,22)/t12-/m0/s1. The second kappa shape index (κ2) is 7.57. The lowest BCUT2D eigenvalue weighted by Gasteiger charge is -2.14. The third-order valence-electron chi connectivity index (χ3n) is 4.19. The largest absolute Gasteiger partial charge is 0.348 e. The Kier molecular flexibility index (Phi) is 5.25. The first-order valence-electron chi connectivity index (χ1n) is 8.22. The number of carbonyl (C=O) groups is 2. The molecule has 2 amide bonds. The third kappa shape index (κ3) is 4.00. The molecule has 0 aliphatic heterocycles. The second-order valence-electron chi connectivity index (χ2n) is 6.02. The van der Waals surface area contributed by atoms with Gasteiger partial charge in [0, 0.05) is 17.3 Å². The van der Waals surface area contributed by atoms with Crippen molar-refractivity contribution >= 4 is 23.2 Å². The molecule has 5 nitrogen and oxygen atoms in total. The number of pyridine rings is 1. The second-order valence-corrected chi connectivity index (χ2v) is 7.16. The number of aromatic nitrogens is 1. The number of amides is 2. The summed E-state index contributed by atoms with van der Waals surface area (Å²) in [6.45, 7) is 1.87. The molecule has 1 atom stereocenters. The Balaban J connectivity index is 1.50. The lowest BCUT2D eigenvalue weighted by atomic mass is 9.99. The fourth-order valence-corrected chi connectivity index (χ4v) is 4.03. The topological polar surface area (TPSA) is 71.1 Å². The Bertz CT molecular complexity index is 704. The van der Waals surface area contributed by atoms with Crippen LogP contribution in [0, 0.1) is 0 Å². The summed E-state index contributed by atoms with van der Waals surface area (Å²) in [5, 5.41) is 5.57. The van der Waals surface area contributed by atoms with Gasteiger partial charge in [-0.3, -0.25) is 14.6 Å². The molecular formula is C18H21N3O2S. The zero-order chi connectivity index (χ0) is 16.9. The maximum absolute atomic E-state index is 12.2. The summed E-state index contributed by atoms with van der Waals surface area (Å²) in [4.78, 5) is 30.3. The highest BCUT2D eigenvalue weighted by Crippen LogP contribution is 2.29. The van der Waals surface area contributed by atoms with Gasteiger partial charge in [0.1, 0.15) is 0 Å². The molecule has 0 aromatic carbocycles. The highest BCUT2D eigenvalue weighted by molar-refractivity contribution is 7.14. The van der Waals surface area contributed by atoms with E-state index in [0.717, 1.165) is 18.4 Å². The van der Waals surface area contributed by atoms with Gasteiger partial charge in [-0.2, -0.15) is 0 Å². The molecule has 1 aliphatic rings. The van der Waals surface area contributed by atoms with Crippen LogP contribution in [0.1, 0.15) is 51.5 Å². The van der Waals surface area contributed by atoms with E-state index < -0.39 is 0 Å². The number of hydrogen-bond acceptors (Lipinski definition) is 4. The van der Waals surface area contributed by atoms with Gasteiger partial charge in [0.25, 0.3) is 5.91 Å². The Hall–Kier alpha value is -2.21. The smallest absolute Gasteiger partial charge is 0.261 e. The van der Waals surface area contributed by atoms with Crippen LogP contribution in [0.15, 0.2) is 30.6 Å². The average molecular weight is 343 g/mol. The molecule has 6 heteroatoms. The molecule has 1 aliphatic carbocycles. The van der Waals surface area contributed by atoms with Gasteiger partial charge in [-0.25, -0.2) is 0 Å². The predicted octanol–water partition coefficient (Wildman–Crippen LogP) is 2.63. The molecule has 0 bridgehead atoms. The van der Waals surface area contributed by atoms with E-state index in [1.807, 2.05) is 25.1 Å². The molecule has 0 fully saturated rings. The van der Waals surface area contributed by atoms with Crippen molar-refractivity contribution in [2.45, 2.75) is 38.6 Å². The van der Waals surface area contributed by atoms with Gasteiger partial charge in [0.05, 0.1) is 17.5 Å². The molecule has 2 N–H and O–H groups in total. The zero-order valence-corrected chi connectivity index (χ0v) is 14.5. The van der Waals surface area contributed by atoms with Crippen molar-refractivity contribution in [3.63, 3.8) is 0 Å². The van der Waals surface area contributed by atoms with Crippen LogP contribution in [-0.4, -0.2) is 23.3 Å². The SMILES string of the molecule is C[C@H](NC(=O)CNC(=O)c1cc2c(s1)CCCC2)c1cccnc1. The molecule has 24 heavy (non-hydrogen) atoms. The minimum atomic E-state index is -0.207. The van der Waals surface area contributed by atoms with Crippen molar-refractivity contribution in [3.8, 4) is 0 Å². The number of fused-ring (bicyclic) bond motifs is 1. The van der Waals surface area contributed by atoms with E-state index >= 15 is 0 Å². The quantitative estimate of drug-likeness (QED) is 0.877. The van der Waals surface area contributed by atoms with Gasteiger partial charge in [-0.05, 0) is 55.9 Å². The highest BCUT2D eigenvalue weighted by atomic mass is 32.1. The van der Waals surface area contributed by atoms with Gasteiger partial charge < -0.3 is 10.6 Å². The normalized spacial score (nSPS) is 14.5. The van der Waals surface area contributed by atoms with Crippen LogP contribution in [0.5, 0.6) is 0 Å². The molecule has 2 heterocycles. The minimum absolute atomic E-state index is 0.0218. The Morgan fingerprint density at radius 1 is 1.33 bits per heavy atom. The first-order chi connectivity index (χ1) is 11.6. The highest BCUT2D eigenvalue weighted by Gasteiger charge is 2.18. The minimum Gasteiger partial charge on any atom is -0.348 e. The summed E-state index contributed by atoms with van der Waals surface area (Å²) in [5.41, 5.74) is 2.23. The molecule has 2 aromatic rings. The molecule has 0 saturated heterocycles. The van der Waals surface area contributed by atoms with Crippen LogP contribution < -0.4 is 10.6 Å². The fourth-order valence-electron chi connectivity index (χ4n) is 2.86. The van der Waals surface area contributed by atoms with E-state index in [-0.39, 0.29) is 24.4 Å². The number of thiophene rings is 1. The van der Waals surface area contributed by atoms with E-state index in [1.165, 1.54) is 23.3 Å². The number of nitrogens with one attached hydrogen (secondary N) is 2. The van der Waals surface area contributed by atoms with Crippen molar-refractivity contribution in [3.05, 3.63) is 51.5 Å². The molecular weight excluding hydrogens is 322 g/mol. The van der Waals surface area contributed by atoms with Crippen molar-refractivity contribution in [1.82, 2.24) is 15.6 Å². The van der Waals surface area contributed by atoms with Gasteiger partial charge in [0.15, 0.2) is 0 Å². The van der Waals surface area contributed by atoms with Gasteiger partial charge in [-0.15, -0.1) is 11.3 Å². The first kappa shape index (κ1) is 16.6. The Labute approximate surface area is 145 Å². The van der Waals surface area contributed by atoms with E-state index in [2.05, 4.69) is 15.6 Å². The van der Waals surface area contributed by atoms with Crippen LogP contribution in [0.25, 0.3) is 0 Å². The fraction of sp³-hybridized carbons (Fsp3) is 0.389.